The summed E-state index contributed by atoms with van der Waals surface area (Å²) < 4.78 is 41.4. The second-order valence-electron chi connectivity index (χ2n) is 3.99. The molecule has 2 aromatic rings. The van der Waals surface area contributed by atoms with Gasteiger partial charge < -0.3 is 4.74 Å². The van der Waals surface area contributed by atoms with E-state index in [-0.39, 0.29) is 11.3 Å². The Morgan fingerprint density at radius 1 is 1.05 bits per heavy atom. The molecule has 0 N–H and O–H groups in total. The summed E-state index contributed by atoms with van der Waals surface area (Å²) in [5, 5.41) is 0.348. The van der Waals surface area contributed by atoms with Gasteiger partial charge in [0, 0.05) is 16.1 Å². The number of rotatable bonds is 3. The van der Waals surface area contributed by atoms with Crippen LogP contribution in [0.1, 0.15) is 5.56 Å². The topological polar surface area (TPSA) is 9.23 Å². The summed E-state index contributed by atoms with van der Waals surface area (Å²) in [5.74, 6) is -0.295. The van der Waals surface area contributed by atoms with Crippen molar-refractivity contribution in [1.82, 2.24) is 0 Å². The number of alkyl halides is 3. The first-order chi connectivity index (χ1) is 9.40. The van der Waals surface area contributed by atoms with Gasteiger partial charge in [-0.25, -0.2) is 0 Å². The fourth-order valence-corrected chi connectivity index (χ4v) is 2.02. The third-order valence-corrected chi connectivity index (χ3v) is 2.96. The number of halogens is 4. The Morgan fingerprint density at radius 3 is 2.35 bits per heavy atom. The molecule has 0 heterocycles. The van der Waals surface area contributed by atoms with E-state index in [1.54, 1.807) is 30.3 Å². The maximum Gasteiger partial charge on any atom is 0.573 e. The molecule has 0 aliphatic heterocycles. The Bertz CT molecular complexity index is 635. The van der Waals surface area contributed by atoms with Crippen LogP contribution >= 0.6 is 11.6 Å². The van der Waals surface area contributed by atoms with Gasteiger partial charge in [0.15, 0.2) is 0 Å². The molecule has 20 heavy (non-hydrogen) atoms. The predicted octanol–water partition coefficient (Wildman–Crippen LogP) is 5.55. The Morgan fingerprint density at radius 2 is 1.75 bits per heavy atom. The van der Waals surface area contributed by atoms with E-state index in [0.29, 0.717) is 16.1 Å². The molecule has 5 heteroatoms. The van der Waals surface area contributed by atoms with Crippen LogP contribution in [0.2, 0.25) is 5.02 Å². The van der Waals surface area contributed by atoms with Crippen molar-refractivity contribution >= 4 is 17.7 Å². The Balaban J connectivity index is 2.59. The van der Waals surface area contributed by atoms with E-state index in [0.717, 1.165) is 0 Å². The lowest BCUT2D eigenvalue weighted by Gasteiger charge is -2.15. The van der Waals surface area contributed by atoms with Gasteiger partial charge in [0.1, 0.15) is 5.75 Å². The molecule has 1 nitrogen and oxygen atoms in total. The number of hydrogen-bond acceptors (Lipinski definition) is 1. The zero-order valence-corrected chi connectivity index (χ0v) is 11.0. The fourth-order valence-electron chi connectivity index (χ4n) is 1.78. The number of ether oxygens (including phenoxy) is 1. The molecule has 2 aromatic carbocycles. The first kappa shape index (κ1) is 14.5. The smallest absolute Gasteiger partial charge is 0.405 e. The largest absolute Gasteiger partial charge is 0.573 e. The van der Waals surface area contributed by atoms with Gasteiger partial charge in [-0.05, 0) is 23.8 Å². The Hall–Kier alpha value is -1.94. The van der Waals surface area contributed by atoms with Gasteiger partial charge >= 0.3 is 6.36 Å². The van der Waals surface area contributed by atoms with Crippen molar-refractivity contribution in [1.29, 1.82) is 0 Å². The summed E-state index contributed by atoms with van der Waals surface area (Å²) in [5.41, 5.74) is 1.41. The van der Waals surface area contributed by atoms with Crippen LogP contribution in [0.15, 0.2) is 49.0 Å². The zero-order chi connectivity index (χ0) is 14.8. The summed E-state index contributed by atoms with van der Waals surface area (Å²) >= 11 is 6.03. The highest BCUT2D eigenvalue weighted by Crippen LogP contribution is 2.38. The second-order valence-corrected chi connectivity index (χ2v) is 4.39. The molecule has 0 saturated carbocycles. The van der Waals surface area contributed by atoms with Crippen LogP contribution < -0.4 is 4.74 Å². The molecule has 0 spiro atoms. The first-order valence-electron chi connectivity index (χ1n) is 5.68. The average Bonchev–Trinajstić information content (AvgIpc) is 2.38. The van der Waals surface area contributed by atoms with E-state index in [1.165, 1.54) is 18.2 Å². The van der Waals surface area contributed by atoms with Gasteiger partial charge in [-0.3, -0.25) is 0 Å². The third-order valence-electron chi connectivity index (χ3n) is 2.63. The normalized spacial score (nSPS) is 11.2. The van der Waals surface area contributed by atoms with E-state index in [4.69, 9.17) is 11.6 Å². The fraction of sp³-hybridized carbons (Fsp3) is 0.0667. The van der Waals surface area contributed by atoms with E-state index in [2.05, 4.69) is 11.3 Å². The summed E-state index contributed by atoms with van der Waals surface area (Å²) in [6, 6.07) is 10.9. The van der Waals surface area contributed by atoms with Crippen LogP contribution in [0.5, 0.6) is 5.75 Å². The molecule has 0 radical (unpaired) electrons. The van der Waals surface area contributed by atoms with Crippen LogP contribution in [0.3, 0.4) is 0 Å². The standard InChI is InChI=1S/C15H10ClF3O/c1-2-10-7-8-14(20-15(17,18)19)12(9-10)11-5-3-4-6-13(11)16/h2-9H,1H2. The lowest BCUT2D eigenvalue weighted by atomic mass is 10.0. The number of benzene rings is 2. The molecule has 104 valence electrons. The Kier molecular flexibility index (Phi) is 4.04. The van der Waals surface area contributed by atoms with Crippen LogP contribution in [-0.4, -0.2) is 6.36 Å². The minimum absolute atomic E-state index is 0.269. The van der Waals surface area contributed by atoms with Crippen molar-refractivity contribution in [3.8, 4) is 16.9 Å². The summed E-state index contributed by atoms with van der Waals surface area (Å²) in [6.07, 6.45) is -3.22. The van der Waals surface area contributed by atoms with Crippen molar-refractivity contribution in [2.24, 2.45) is 0 Å². The highest BCUT2D eigenvalue weighted by atomic mass is 35.5. The molecular weight excluding hydrogens is 289 g/mol. The van der Waals surface area contributed by atoms with Crippen LogP contribution in [0.25, 0.3) is 17.2 Å². The van der Waals surface area contributed by atoms with E-state index < -0.39 is 6.36 Å². The lowest BCUT2D eigenvalue weighted by Crippen LogP contribution is -2.17. The molecule has 0 unspecified atom stereocenters. The predicted molar refractivity (Wildman–Crippen MR) is 73.7 cm³/mol. The van der Waals surface area contributed by atoms with Gasteiger partial charge in [-0.2, -0.15) is 0 Å². The Labute approximate surface area is 119 Å². The van der Waals surface area contributed by atoms with E-state index in [9.17, 15) is 13.2 Å². The molecular formula is C15H10ClF3O. The first-order valence-corrected chi connectivity index (χ1v) is 6.05. The second kappa shape index (κ2) is 5.59. The van der Waals surface area contributed by atoms with Crippen molar-refractivity contribution in [3.05, 3.63) is 59.6 Å². The van der Waals surface area contributed by atoms with E-state index in [1.807, 2.05) is 0 Å². The minimum Gasteiger partial charge on any atom is -0.405 e. The molecule has 0 aliphatic rings. The molecule has 2 rings (SSSR count). The van der Waals surface area contributed by atoms with Crippen molar-refractivity contribution in [3.63, 3.8) is 0 Å². The van der Waals surface area contributed by atoms with Gasteiger partial charge in [0.05, 0.1) is 0 Å². The zero-order valence-electron chi connectivity index (χ0n) is 10.2. The quantitative estimate of drug-likeness (QED) is 0.722. The van der Waals surface area contributed by atoms with E-state index >= 15 is 0 Å². The molecule has 0 bridgehead atoms. The SMILES string of the molecule is C=Cc1ccc(OC(F)(F)F)c(-c2ccccc2Cl)c1. The molecule has 0 aliphatic carbocycles. The summed E-state index contributed by atoms with van der Waals surface area (Å²) in [4.78, 5) is 0. The van der Waals surface area contributed by atoms with Crippen LogP contribution in [0.4, 0.5) is 13.2 Å². The molecule has 0 saturated heterocycles. The lowest BCUT2D eigenvalue weighted by molar-refractivity contribution is -0.274. The van der Waals surface area contributed by atoms with Gasteiger partial charge in [0.2, 0.25) is 0 Å². The molecule has 0 aromatic heterocycles. The van der Waals surface area contributed by atoms with Crippen LogP contribution in [0, 0.1) is 0 Å². The third kappa shape index (κ3) is 3.33. The minimum atomic E-state index is -4.76. The summed E-state index contributed by atoms with van der Waals surface area (Å²) in [7, 11) is 0. The molecule has 0 fully saturated rings. The van der Waals surface area contributed by atoms with Gasteiger partial charge in [-0.1, -0.05) is 48.5 Å². The average molecular weight is 299 g/mol. The monoisotopic (exact) mass is 298 g/mol. The summed E-state index contributed by atoms with van der Waals surface area (Å²) in [6.45, 7) is 3.60. The molecule has 0 amide bonds. The highest BCUT2D eigenvalue weighted by molar-refractivity contribution is 6.33. The van der Waals surface area contributed by atoms with Crippen molar-refractivity contribution < 1.29 is 17.9 Å². The number of hydrogen-bond donors (Lipinski definition) is 0. The highest BCUT2D eigenvalue weighted by Gasteiger charge is 2.32. The maximum absolute atomic E-state index is 12.4. The van der Waals surface area contributed by atoms with Crippen molar-refractivity contribution in [2.45, 2.75) is 6.36 Å². The van der Waals surface area contributed by atoms with Gasteiger partial charge in [0.25, 0.3) is 0 Å². The van der Waals surface area contributed by atoms with Crippen molar-refractivity contribution in [2.75, 3.05) is 0 Å². The van der Waals surface area contributed by atoms with Crippen LogP contribution in [-0.2, 0) is 0 Å². The van der Waals surface area contributed by atoms with Gasteiger partial charge in [-0.15, -0.1) is 13.2 Å². The molecule has 0 atom stereocenters. The maximum atomic E-state index is 12.4.